The van der Waals surface area contributed by atoms with Gasteiger partial charge in [-0.3, -0.25) is 4.79 Å². The number of ketones is 1. The molecule has 1 aromatic carbocycles. The number of likely N-dealkylation sites (tertiary alicyclic amines) is 1. The van der Waals surface area contributed by atoms with Crippen molar-refractivity contribution in [3.63, 3.8) is 0 Å². The minimum absolute atomic E-state index is 0.0491. The Labute approximate surface area is 118 Å². The molecule has 3 rings (SSSR count). The highest BCUT2D eigenvalue weighted by Gasteiger charge is 2.40. The van der Waals surface area contributed by atoms with Gasteiger partial charge in [0.15, 0.2) is 0 Å². The summed E-state index contributed by atoms with van der Waals surface area (Å²) in [5.41, 5.74) is 0.979. The number of piperidine rings is 1. The predicted octanol–water partition coefficient (Wildman–Crippen LogP) is 2.62. The molecule has 1 amide bonds. The standard InChI is InChI=1S/C16H19NO3/c18-15-7-6-13-8-9-17(10-14(13)15)16(19)20-11-12-4-2-1-3-5-12/h1-5,13-14H,6-11H2/t13-,14+/m1/s1. The monoisotopic (exact) mass is 273 g/mol. The number of benzene rings is 1. The van der Waals surface area contributed by atoms with Gasteiger partial charge in [-0.05, 0) is 24.3 Å². The minimum Gasteiger partial charge on any atom is -0.445 e. The van der Waals surface area contributed by atoms with Crippen LogP contribution in [-0.2, 0) is 16.1 Å². The molecule has 0 N–H and O–H groups in total. The summed E-state index contributed by atoms with van der Waals surface area (Å²) in [6.07, 6.45) is 2.31. The van der Waals surface area contributed by atoms with Crippen molar-refractivity contribution >= 4 is 11.9 Å². The van der Waals surface area contributed by atoms with Crippen LogP contribution in [0.3, 0.4) is 0 Å². The molecular formula is C16H19NO3. The maximum absolute atomic E-state index is 12.1. The van der Waals surface area contributed by atoms with Crippen molar-refractivity contribution in [2.75, 3.05) is 13.1 Å². The fourth-order valence-electron chi connectivity index (χ4n) is 3.20. The first-order chi connectivity index (χ1) is 9.74. The van der Waals surface area contributed by atoms with E-state index in [0.717, 1.165) is 18.4 Å². The molecule has 0 aromatic heterocycles. The summed E-state index contributed by atoms with van der Waals surface area (Å²) >= 11 is 0. The smallest absolute Gasteiger partial charge is 0.410 e. The number of ether oxygens (including phenoxy) is 1. The lowest BCUT2D eigenvalue weighted by Crippen LogP contribution is -2.44. The van der Waals surface area contributed by atoms with Crippen LogP contribution < -0.4 is 0 Å². The van der Waals surface area contributed by atoms with E-state index in [2.05, 4.69) is 0 Å². The number of hydrogen-bond donors (Lipinski definition) is 0. The molecule has 2 aliphatic rings. The minimum atomic E-state index is -0.299. The number of amides is 1. The van der Waals surface area contributed by atoms with Gasteiger partial charge in [-0.1, -0.05) is 30.3 Å². The highest BCUT2D eigenvalue weighted by Crippen LogP contribution is 2.35. The van der Waals surface area contributed by atoms with E-state index in [4.69, 9.17) is 4.74 Å². The Balaban J connectivity index is 1.54. The molecule has 0 bridgehead atoms. The van der Waals surface area contributed by atoms with Gasteiger partial charge in [0, 0.05) is 25.4 Å². The largest absolute Gasteiger partial charge is 0.445 e. The normalized spacial score (nSPS) is 25.4. The quantitative estimate of drug-likeness (QED) is 0.832. The van der Waals surface area contributed by atoms with E-state index in [1.165, 1.54) is 0 Å². The van der Waals surface area contributed by atoms with Crippen LogP contribution in [0.25, 0.3) is 0 Å². The van der Waals surface area contributed by atoms with Crippen LogP contribution in [0.4, 0.5) is 4.79 Å². The average molecular weight is 273 g/mol. The maximum Gasteiger partial charge on any atom is 0.410 e. The Morgan fingerprint density at radius 2 is 2.05 bits per heavy atom. The summed E-state index contributed by atoms with van der Waals surface area (Å²) in [5, 5.41) is 0. The van der Waals surface area contributed by atoms with E-state index >= 15 is 0 Å². The van der Waals surface area contributed by atoms with Gasteiger partial charge < -0.3 is 9.64 Å². The third-order valence-corrected chi connectivity index (χ3v) is 4.39. The van der Waals surface area contributed by atoms with Crippen molar-refractivity contribution in [2.45, 2.75) is 25.9 Å². The third kappa shape index (κ3) is 2.69. The fourth-order valence-corrected chi connectivity index (χ4v) is 3.20. The molecule has 2 atom stereocenters. The van der Waals surface area contributed by atoms with Gasteiger partial charge >= 0.3 is 6.09 Å². The molecule has 1 aliphatic carbocycles. The molecule has 0 spiro atoms. The topological polar surface area (TPSA) is 46.6 Å². The van der Waals surface area contributed by atoms with Crippen molar-refractivity contribution in [1.29, 1.82) is 0 Å². The van der Waals surface area contributed by atoms with Crippen molar-refractivity contribution in [2.24, 2.45) is 11.8 Å². The zero-order valence-corrected chi connectivity index (χ0v) is 11.5. The van der Waals surface area contributed by atoms with Gasteiger partial charge in [-0.2, -0.15) is 0 Å². The highest BCUT2D eigenvalue weighted by atomic mass is 16.6. The number of nitrogens with zero attached hydrogens (tertiary/aromatic N) is 1. The molecular weight excluding hydrogens is 254 g/mol. The van der Waals surface area contributed by atoms with E-state index in [9.17, 15) is 9.59 Å². The number of rotatable bonds is 2. The average Bonchev–Trinajstić information content (AvgIpc) is 2.87. The molecule has 0 radical (unpaired) electrons. The van der Waals surface area contributed by atoms with E-state index in [1.54, 1.807) is 4.90 Å². The molecule has 1 heterocycles. The molecule has 0 unspecified atom stereocenters. The Bertz CT molecular complexity index is 500. The number of Topliss-reactive ketones (excluding diaryl/α,β-unsaturated/α-hetero) is 1. The first-order valence-electron chi connectivity index (χ1n) is 7.22. The first-order valence-corrected chi connectivity index (χ1v) is 7.22. The van der Waals surface area contributed by atoms with E-state index in [0.29, 0.717) is 31.2 Å². The summed E-state index contributed by atoms with van der Waals surface area (Å²) in [7, 11) is 0. The Morgan fingerprint density at radius 3 is 2.85 bits per heavy atom. The second-order valence-corrected chi connectivity index (χ2v) is 5.65. The van der Waals surface area contributed by atoms with Gasteiger partial charge in [0.25, 0.3) is 0 Å². The molecule has 20 heavy (non-hydrogen) atoms. The van der Waals surface area contributed by atoms with Crippen LogP contribution in [-0.4, -0.2) is 29.9 Å². The molecule has 106 valence electrons. The van der Waals surface area contributed by atoms with Crippen LogP contribution in [0.15, 0.2) is 30.3 Å². The third-order valence-electron chi connectivity index (χ3n) is 4.39. The number of carbonyl (C=O) groups excluding carboxylic acids is 2. The van der Waals surface area contributed by atoms with Gasteiger partial charge in [-0.25, -0.2) is 4.79 Å². The van der Waals surface area contributed by atoms with Crippen LogP contribution in [0.2, 0.25) is 0 Å². The Hall–Kier alpha value is -1.84. The van der Waals surface area contributed by atoms with Crippen LogP contribution in [0, 0.1) is 11.8 Å². The number of fused-ring (bicyclic) bond motifs is 1. The molecule has 1 saturated carbocycles. The van der Waals surface area contributed by atoms with Gasteiger partial charge in [0.05, 0.1) is 0 Å². The Kier molecular flexibility index (Phi) is 3.72. The number of hydrogen-bond acceptors (Lipinski definition) is 3. The van der Waals surface area contributed by atoms with E-state index in [1.807, 2.05) is 30.3 Å². The van der Waals surface area contributed by atoms with E-state index < -0.39 is 0 Å². The second-order valence-electron chi connectivity index (χ2n) is 5.65. The zero-order chi connectivity index (χ0) is 13.9. The molecule has 1 saturated heterocycles. The highest BCUT2D eigenvalue weighted by molar-refractivity contribution is 5.84. The summed E-state index contributed by atoms with van der Waals surface area (Å²) in [4.78, 5) is 25.5. The van der Waals surface area contributed by atoms with Crippen LogP contribution >= 0.6 is 0 Å². The summed E-state index contributed by atoms with van der Waals surface area (Å²) in [6.45, 7) is 1.54. The van der Waals surface area contributed by atoms with Crippen molar-refractivity contribution in [1.82, 2.24) is 4.90 Å². The second kappa shape index (κ2) is 5.65. The molecule has 4 nitrogen and oxygen atoms in total. The van der Waals surface area contributed by atoms with Crippen molar-refractivity contribution < 1.29 is 14.3 Å². The fraction of sp³-hybridized carbons (Fsp3) is 0.500. The summed E-state index contributed by atoms with van der Waals surface area (Å²) < 4.78 is 5.33. The predicted molar refractivity (Wildman–Crippen MR) is 74.0 cm³/mol. The van der Waals surface area contributed by atoms with Gasteiger partial charge in [0.2, 0.25) is 0 Å². The van der Waals surface area contributed by atoms with Gasteiger partial charge in [0.1, 0.15) is 12.4 Å². The van der Waals surface area contributed by atoms with Crippen molar-refractivity contribution in [3.8, 4) is 0 Å². The molecule has 4 heteroatoms. The summed E-state index contributed by atoms with van der Waals surface area (Å²) in [5.74, 6) is 0.851. The number of carbonyl (C=O) groups is 2. The first kappa shape index (κ1) is 13.2. The maximum atomic E-state index is 12.1. The van der Waals surface area contributed by atoms with Crippen molar-refractivity contribution in [3.05, 3.63) is 35.9 Å². The van der Waals surface area contributed by atoms with E-state index in [-0.39, 0.29) is 18.6 Å². The SMILES string of the molecule is O=C1CC[C@@H]2CCN(C(=O)OCc3ccccc3)C[C@H]12. The van der Waals surface area contributed by atoms with Crippen LogP contribution in [0.5, 0.6) is 0 Å². The molecule has 1 aromatic rings. The lowest BCUT2D eigenvalue weighted by atomic mass is 9.88. The van der Waals surface area contributed by atoms with Crippen LogP contribution in [0.1, 0.15) is 24.8 Å². The van der Waals surface area contributed by atoms with Gasteiger partial charge in [-0.15, -0.1) is 0 Å². The molecule has 1 aliphatic heterocycles. The zero-order valence-electron chi connectivity index (χ0n) is 11.5. The lowest BCUT2D eigenvalue weighted by Gasteiger charge is -2.33. The Morgan fingerprint density at radius 1 is 1.25 bits per heavy atom. The molecule has 2 fully saturated rings. The summed E-state index contributed by atoms with van der Waals surface area (Å²) in [6, 6.07) is 9.64. The lowest BCUT2D eigenvalue weighted by molar-refractivity contribution is -0.122.